The quantitative estimate of drug-likeness (QED) is 0.586. The average molecular weight is 405 g/mol. The number of hydrogen-bond donors (Lipinski definition) is 0. The summed E-state index contributed by atoms with van der Waals surface area (Å²) in [7, 11) is 4.92. The van der Waals surface area contributed by atoms with Crippen molar-refractivity contribution in [3.8, 4) is 34.4 Å². The molecule has 0 N–H and O–H groups in total. The lowest BCUT2D eigenvalue weighted by Gasteiger charge is -2.16. The molecule has 4 rings (SSSR count). The molecule has 1 aromatic heterocycles. The molecule has 0 spiro atoms. The molecule has 0 radical (unpaired) electrons. The maximum atomic E-state index is 10.1. The van der Waals surface area contributed by atoms with Gasteiger partial charge in [0.05, 0.1) is 26.8 Å². The van der Waals surface area contributed by atoms with Crippen molar-refractivity contribution in [3.63, 3.8) is 0 Å². The SMILES string of the molecule is COc1ccc(-c2c(C#N)n(CCN3CCCC3)c3cc(OC)c(OC)cc23)cc1. The summed E-state index contributed by atoms with van der Waals surface area (Å²) >= 11 is 0. The minimum Gasteiger partial charge on any atom is -0.497 e. The van der Waals surface area contributed by atoms with Crippen LogP contribution in [0.2, 0.25) is 0 Å². The van der Waals surface area contributed by atoms with Crippen molar-refractivity contribution in [2.24, 2.45) is 0 Å². The topological polar surface area (TPSA) is 59.7 Å². The zero-order valence-electron chi connectivity index (χ0n) is 17.8. The molecule has 1 fully saturated rings. The summed E-state index contributed by atoms with van der Waals surface area (Å²) in [6.45, 7) is 3.94. The smallest absolute Gasteiger partial charge is 0.162 e. The lowest BCUT2D eigenvalue weighted by molar-refractivity contribution is 0.324. The number of rotatable bonds is 7. The van der Waals surface area contributed by atoms with E-state index in [1.165, 1.54) is 12.8 Å². The highest BCUT2D eigenvalue weighted by Crippen LogP contribution is 2.41. The highest BCUT2D eigenvalue weighted by molar-refractivity contribution is 6.01. The van der Waals surface area contributed by atoms with E-state index in [1.54, 1.807) is 21.3 Å². The van der Waals surface area contributed by atoms with Crippen LogP contribution >= 0.6 is 0 Å². The molecule has 6 heteroatoms. The number of methoxy groups -OCH3 is 3. The monoisotopic (exact) mass is 405 g/mol. The lowest BCUT2D eigenvalue weighted by Crippen LogP contribution is -2.24. The normalized spacial score (nSPS) is 14.1. The summed E-state index contributed by atoms with van der Waals surface area (Å²) in [5, 5.41) is 11.1. The Morgan fingerprint density at radius 3 is 2.17 bits per heavy atom. The van der Waals surface area contributed by atoms with Crippen LogP contribution in [0, 0.1) is 11.3 Å². The molecule has 0 aliphatic carbocycles. The molecule has 3 aromatic rings. The van der Waals surface area contributed by atoms with Crippen LogP contribution in [0.15, 0.2) is 36.4 Å². The Bertz CT molecular complexity index is 1070. The fourth-order valence-electron chi connectivity index (χ4n) is 4.32. The van der Waals surface area contributed by atoms with Crippen molar-refractivity contribution in [1.82, 2.24) is 9.47 Å². The molecule has 0 unspecified atom stereocenters. The van der Waals surface area contributed by atoms with Crippen molar-refractivity contribution in [2.45, 2.75) is 19.4 Å². The van der Waals surface area contributed by atoms with Crippen LogP contribution < -0.4 is 14.2 Å². The summed E-state index contributed by atoms with van der Waals surface area (Å²) in [4.78, 5) is 2.46. The number of ether oxygens (including phenoxy) is 3. The Balaban J connectivity index is 1.90. The Hall–Kier alpha value is -3.17. The third-order valence-corrected chi connectivity index (χ3v) is 5.89. The first-order chi connectivity index (χ1) is 14.7. The van der Waals surface area contributed by atoms with Crippen LogP contribution in [-0.4, -0.2) is 50.4 Å². The molecular weight excluding hydrogens is 378 g/mol. The molecule has 156 valence electrons. The second kappa shape index (κ2) is 8.68. The van der Waals surface area contributed by atoms with E-state index < -0.39 is 0 Å². The maximum absolute atomic E-state index is 10.1. The number of nitrogens with zero attached hydrogens (tertiary/aromatic N) is 3. The van der Waals surface area contributed by atoms with Gasteiger partial charge in [0.2, 0.25) is 0 Å². The zero-order valence-corrected chi connectivity index (χ0v) is 17.8. The molecule has 0 bridgehead atoms. The average Bonchev–Trinajstić information content (AvgIpc) is 3.42. The molecule has 0 saturated carbocycles. The van der Waals surface area contributed by atoms with E-state index in [0.29, 0.717) is 17.2 Å². The molecule has 6 nitrogen and oxygen atoms in total. The van der Waals surface area contributed by atoms with Gasteiger partial charge >= 0.3 is 0 Å². The zero-order chi connectivity index (χ0) is 21.1. The Morgan fingerprint density at radius 1 is 0.900 bits per heavy atom. The molecular formula is C24H27N3O3. The van der Waals surface area contributed by atoms with Gasteiger partial charge < -0.3 is 23.7 Å². The minimum absolute atomic E-state index is 0.654. The van der Waals surface area contributed by atoms with Crippen LogP contribution in [0.1, 0.15) is 18.5 Å². The first-order valence-corrected chi connectivity index (χ1v) is 10.2. The van der Waals surface area contributed by atoms with E-state index in [9.17, 15) is 5.26 Å². The van der Waals surface area contributed by atoms with E-state index in [4.69, 9.17) is 14.2 Å². The van der Waals surface area contributed by atoms with Gasteiger partial charge in [0.15, 0.2) is 11.5 Å². The summed E-state index contributed by atoms with van der Waals surface area (Å²) < 4.78 is 18.5. The van der Waals surface area contributed by atoms with Gasteiger partial charge in [-0.05, 0) is 49.7 Å². The third kappa shape index (κ3) is 3.57. The second-order valence-electron chi connectivity index (χ2n) is 7.49. The van der Waals surface area contributed by atoms with Gasteiger partial charge in [0.1, 0.15) is 17.5 Å². The van der Waals surface area contributed by atoms with Crippen LogP contribution in [0.4, 0.5) is 0 Å². The maximum Gasteiger partial charge on any atom is 0.162 e. The molecule has 2 heterocycles. The molecule has 1 aliphatic rings. The molecule has 0 atom stereocenters. The van der Waals surface area contributed by atoms with E-state index in [1.807, 2.05) is 36.4 Å². The molecule has 1 saturated heterocycles. The van der Waals surface area contributed by atoms with Gasteiger partial charge in [-0.2, -0.15) is 5.26 Å². The summed E-state index contributed by atoms with van der Waals surface area (Å²) in [6, 6.07) is 14.2. The first kappa shape index (κ1) is 20.1. The van der Waals surface area contributed by atoms with Crippen LogP contribution in [0.3, 0.4) is 0 Å². The first-order valence-electron chi connectivity index (χ1n) is 10.2. The summed E-state index contributed by atoms with van der Waals surface area (Å²) in [5.41, 5.74) is 3.53. The van der Waals surface area contributed by atoms with Crippen molar-refractivity contribution in [1.29, 1.82) is 5.26 Å². The Kier molecular flexibility index (Phi) is 5.82. The van der Waals surface area contributed by atoms with Crippen molar-refractivity contribution >= 4 is 10.9 Å². The Labute approximate surface area is 177 Å². The second-order valence-corrected chi connectivity index (χ2v) is 7.49. The van der Waals surface area contributed by atoms with Gasteiger partial charge in [0.25, 0.3) is 0 Å². The highest BCUT2D eigenvalue weighted by atomic mass is 16.5. The Morgan fingerprint density at radius 2 is 1.57 bits per heavy atom. The molecule has 30 heavy (non-hydrogen) atoms. The fourth-order valence-corrected chi connectivity index (χ4v) is 4.32. The summed E-state index contributed by atoms with van der Waals surface area (Å²) in [5.74, 6) is 2.10. The largest absolute Gasteiger partial charge is 0.497 e. The lowest BCUT2D eigenvalue weighted by atomic mass is 10.0. The minimum atomic E-state index is 0.654. The number of fused-ring (bicyclic) bond motifs is 1. The van der Waals surface area contributed by atoms with Crippen LogP contribution in [-0.2, 0) is 6.54 Å². The number of likely N-dealkylation sites (tertiary alicyclic amines) is 1. The number of aromatic nitrogens is 1. The number of benzene rings is 2. The third-order valence-electron chi connectivity index (χ3n) is 5.89. The van der Waals surface area contributed by atoms with E-state index in [2.05, 4.69) is 15.5 Å². The van der Waals surface area contributed by atoms with Crippen LogP contribution in [0.25, 0.3) is 22.0 Å². The van der Waals surface area contributed by atoms with Crippen molar-refractivity contribution < 1.29 is 14.2 Å². The molecule has 0 amide bonds. The number of nitriles is 1. The van der Waals surface area contributed by atoms with E-state index >= 15 is 0 Å². The molecule has 1 aliphatic heterocycles. The standard InChI is InChI=1S/C24H27N3O3/c1-28-18-8-6-17(7-9-18)24-19-14-22(29-2)23(30-3)15-20(19)27(21(24)16-25)13-12-26-10-4-5-11-26/h6-9,14-15H,4-5,10-13H2,1-3H3. The van der Waals surface area contributed by atoms with Gasteiger partial charge in [-0.1, -0.05) is 12.1 Å². The van der Waals surface area contributed by atoms with Gasteiger partial charge in [-0.25, -0.2) is 0 Å². The van der Waals surface area contributed by atoms with E-state index in [-0.39, 0.29) is 0 Å². The van der Waals surface area contributed by atoms with Crippen molar-refractivity contribution in [2.75, 3.05) is 41.0 Å². The van der Waals surface area contributed by atoms with Crippen molar-refractivity contribution in [3.05, 3.63) is 42.1 Å². The van der Waals surface area contributed by atoms with Gasteiger partial charge in [0, 0.05) is 30.1 Å². The summed E-state index contributed by atoms with van der Waals surface area (Å²) in [6.07, 6.45) is 2.50. The predicted molar refractivity (Wildman–Crippen MR) is 117 cm³/mol. The predicted octanol–water partition coefficient (Wildman–Crippen LogP) is 4.30. The van der Waals surface area contributed by atoms with Gasteiger partial charge in [-0.15, -0.1) is 0 Å². The molecule has 2 aromatic carbocycles. The highest BCUT2D eigenvalue weighted by Gasteiger charge is 2.22. The number of hydrogen-bond acceptors (Lipinski definition) is 5. The van der Waals surface area contributed by atoms with E-state index in [0.717, 1.165) is 54.0 Å². The van der Waals surface area contributed by atoms with Gasteiger partial charge in [-0.3, -0.25) is 0 Å². The van der Waals surface area contributed by atoms with Crippen LogP contribution in [0.5, 0.6) is 17.2 Å². The fraction of sp³-hybridized carbons (Fsp3) is 0.375.